The van der Waals surface area contributed by atoms with Crippen LogP contribution in [-0.4, -0.2) is 27.0 Å². The van der Waals surface area contributed by atoms with Gasteiger partial charge in [0.2, 0.25) is 0 Å². The third kappa shape index (κ3) is 4.38. The maximum absolute atomic E-state index is 12.5. The Bertz CT molecular complexity index is 1110. The second-order valence-corrected chi connectivity index (χ2v) is 6.51. The number of pyridine rings is 1. The minimum atomic E-state index is -0.596. The number of nitrogens with zero attached hydrogens (tertiary/aromatic N) is 3. The molecule has 0 saturated carbocycles. The van der Waals surface area contributed by atoms with E-state index in [9.17, 15) is 4.79 Å². The Balaban J connectivity index is 1.47. The molecule has 6 nitrogen and oxygen atoms in total. The van der Waals surface area contributed by atoms with Gasteiger partial charge in [-0.15, -0.1) is 0 Å². The molecule has 0 bridgehead atoms. The maximum Gasteiger partial charge on any atom is 0.265 e. The van der Waals surface area contributed by atoms with Crippen LogP contribution in [0.25, 0.3) is 22.3 Å². The van der Waals surface area contributed by atoms with E-state index >= 15 is 0 Å². The van der Waals surface area contributed by atoms with Gasteiger partial charge in [0, 0.05) is 11.8 Å². The molecule has 0 fully saturated rings. The Labute approximate surface area is 168 Å². The zero-order chi connectivity index (χ0) is 20.1. The van der Waals surface area contributed by atoms with E-state index in [0.29, 0.717) is 17.9 Å². The van der Waals surface area contributed by atoms with Gasteiger partial charge in [0.15, 0.2) is 6.10 Å². The molecule has 2 heterocycles. The predicted molar refractivity (Wildman–Crippen MR) is 113 cm³/mol. The normalized spacial score (nSPS) is 11.8. The molecule has 0 aliphatic heterocycles. The summed E-state index contributed by atoms with van der Waals surface area (Å²) in [6.07, 6.45) is 4.97. The van der Waals surface area contributed by atoms with Crippen molar-refractivity contribution in [2.75, 3.05) is 5.32 Å². The molecule has 0 saturated heterocycles. The van der Waals surface area contributed by atoms with Crippen LogP contribution in [0.15, 0.2) is 79.3 Å². The lowest BCUT2D eigenvalue weighted by Gasteiger charge is -2.17. The maximum atomic E-state index is 12.5. The van der Waals surface area contributed by atoms with Crippen molar-refractivity contribution in [2.24, 2.45) is 0 Å². The molecule has 0 aliphatic carbocycles. The lowest BCUT2D eigenvalue weighted by atomic mass is 10.1. The Hall–Kier alpha value is -3.80. The fourth-order valence-corrected chi connectivity index (χ4v) is 2.95. The molecule has 1 unspecified atom stereocenters. The monoisotopic (exact) mass is 384 g/mol. The lowest BCUT2D eigenvalue weighted by Crippen LogP contribution is -2.32. The molecule has 2 aromatic carbocycles. The second-order valence-electron chi connectivity index (χ2n) is 6.51. The van der Waals surface area contributed by atoms with Crippen LogP contribution in [-0.2, 0) is 4.79 Å². The number of ether oxygens (including phenoxy) is 1. The SMILES string of the molecule is CCC(Oc1ccc(-c2cnc3ccccc3n2)cc1)C(=O)Nc1cccnc1. The van der Waals surface area contributed by atoms with Crippen molar-refractivity contribution in [3.8, 4) is 17.0 Å². The highest BCUT2D eigenvalue weighted by molar-refractivity contribution is 5.94. The van der Waals surface area contributed by atoms with E-state index in [0.717, 1.165) is 22.3 Å². The van der Waals surface area contributed by atoms with Crippen LogP contribution < -0.4 is 10.1 Å². The zero-order valence-electron chi connectivity index (χ0n) is 15.9. The first-order chi connectivity index (χ1) is 14.2. The fraction of sp³-hybridized carbons (Fsp3) is 0.130. The van der Waals surface area contributed by atoms with Crippen LogP contribution >= 0.6 is 0 Å². The van der Waals surface area contributed by atoms with Crippen LogP contribution in [0.5, 0.6) is 5.75 Å². The average molecular weight is 384 g/mol. The summed E-state index contributed by atoms with van der Waals surface area (Å²) in [6.45, 7) is 1.91. The third-order valence-electron chi connectivity index (χ3n) is 4.47. The first kappa shape index (κ1) is 18.6. The summed E-state index contributed by atoms with van der Waals surface area (Å²) in [5, 5.41) is 2.82. The number of anilines is 1. The van der Waals surface area contributed by atoms with E-state index in [1.807, 2.05) is 55.5 Å². The largest absolute Gasteiger partial charge is 0.481 e. The first-order valence-electron chi connectivity index (χ1n) is 9.42. The van der Waals surface area contributed by atoms with Crippen molar-refractivity contribution >= 4 is 22.6 Å². The number of benzene rings is 2. The molecule has 0 radical (unpaired) electrons. The van der Waals surface area contributed by atoms with Gasteiger partial charge < -0.3 is 10.1 Å². The van der Waals surface area contributed by atoms with Gasteiger partial charge in [-0.1, -0.05) is 19.1 Å². The van der Waals surface area contributed by atoms with E-state index in [4.69, 9.17) is 4.74 Å². The summed E-state index contributed by atoms with van der Waals surface area (Å²) in [5.74, 6) is 0.417. The second kappa shape index (κ2) is 8.48. The molecular formula is C23H20N4O2. The van der Waals surface area contributed by atoms with E-state index < -0.39 is 6.10 Å². The van der Waals surface area contributed by atoms with Gasteiger partial charge >= 0.3 is 0 Å². The average Bonchev–Trinajstić information content (AvgIpc) is 2.78. The van der Waals surface area contributed by atoms with Gasteiger partial charge in [0.25, 0.3) is 5.91 Å². The highest BCUT2D eigenvalue weighted by atomic mass is 16.5. The van der Waals surface area contributed by atoms with Crippen molar-refractivity contribution in [3.05, 3.63) is 79.3 Å². The number of fused-ring (bicyclic) bond motifs is 1. The molecule has 2 aromatic heterocycles. The Morgan fingerprint density at radius 1 is 1.00 bits per heavy atom. The quantitative estimate of drug-likeness (QED) is 0.530. The number of aromatic nitrogens is 3. The van der Waals surface area contributed by atoms with Crippen LogP contribution in [0.4, 0.5) is 5.69 Å². The minimum absolute atomic E-state index is 0.204. The van der Waals surface area contributed by atoms with Crippen molar-refractivity contribution in [1.29, 1.82) is 0 Å². The number of hydrogen-bond acceptors (Lipinski definition) is 5. The number of para-hydroxylation sites is 2. The van der Waals surface area contributed by atoms with Gasteiger partial charge in [-0.2, -0.15) is 0 Å². The number of hydrogen-bond donors (Lipinski definition) is 1. The smallest absolute Gasteiger partial charge is 0.265 e. The molecule has 1 N–H and O–H groups in total. The van der Waals surface area contributed by atoms with Gasteiger partial charge in [0.05, 0.1) is 34.8 Å². The highest BCUT2D eigenvalue weighted by Gasteiger charge is 2.18. The van der Waals surface area contributed by atoms with E-state index in [1.165, 1.54) is 0 Å². The van der Waals surface area contributed by atoms with Gasteiger partial charge in [-0.3, -0.25) is 14.8 Å². The molecule has 4 aromatic rings. The third-order valence-corrected chi connectivity index (χ3v) is 4.47. The molecule has 6 heteroatoms. The van der Waals surface area contributed by atoms with Crippen molar-refractivity contribution < 1.29 is 9.53 Å². The molecule has 144 valence electrons. The van der Waals surface area contributed by atoms with E-state index in [1.54, 1.807) is 30.7 Å². The molecule has 29 heavy (non-hydrogen) atoms. The number of nitrogens with one attached hydrogen (secondary N) is 1. The van der Waals surface area contributed by atoms with Gasteiger partial charge in [0.1, 0.15) is 5.75 Å². The van der Waals surface area contributed by atoms with Crippen LogP contribution in [0, 0.1) is 0 Å². The molecule has 1 atom stereocenters. The fourth-order valence-electron chi connectivity index (χ4n) is 2.95. The summed E-state index contributed by atoms with van der Waals surface area (Å²) in [4.78, 5) is 25.6. The van der Waals surface area contributed by atoms with Gasteiger partial charge in [-0.05, 0) is 55.0 Å². The number of rotatable bonds is 6. The first-order valence-corrected chi connectivity index (χ1v) is 9.42. The lowest BCUT2D eigenvalue weighted by molar-refractivity contribution is -0.122. The van der Waals surface area contributed by atoms with E-state index in [-0.39, 0.29) is 5.91 Å². The number of amides is 1. The van der Waals surface area contributed by atoms with Crippen molar-refractivity contribution in [1.82, 2.24) is 15.0 Å². The van der Waals surface area contributed by atoms with Crippen molar-refractivity contribution in [2.45, 2.75) is 19.4 Å². The standard InChI is InChI=1S/C23H20N4O2/c1-2-22(23(28)26-17-6-5-13-24-14-17)29-18-11-9-16(10-12-18)21-15-25-19-7-3-4-8-20(19)27-21/h3-15,22H,2H2,1H3,(H,26,28). The Morgan fingerprint density at radius 2 is 1.79 bits per heavy atom. The number of carbonyl (C=O) groups is 1. The summed E-state index contributed by atoms with van der Waals surface area (Å²) >= 11 is 0. The van der Waals surface area contributed by atoms with Crippen LogP contribution in [0.1, 0.15) is 13.3 Å². The summed E-state index contributed by atoms with van der Waals surface area (Å²) in [7, 11) is 0. The summed E-state index contributed by atoms with van der Waals surface area (Å²) in [5.41, 5.74) is 4.08. The molecule has 0 aliphatic rings. The molecule has 4 rings (SSSR count). The minimum Gasteiger partial charge on any atom is -0.481 e. The highest BCUT2D eigenvalue weighted by Crippen LogP contribution is 2.23. The van der Waals surface area contributed by atoms with Crippen molar-refractivity contribution in [3.63, 3.8) is 0 Å². The summed E-state index contributed by atoms with van der Waals surface area (Å²) in [6, 6.07) is 18.8. The molecule has 0 spiro atoms. The zero-order valence-corrected chi connectivity index (χ0v) is 15.9. The Kier molecular flexibility index (Phi) is 5.42. The molecule has 1 amide bonds. The number of carbonyl (C=O) groups excluding carboxylic acids is 1. The van der Waals surface area contributed by atoms with E-state index in [2.05, 4.69) is 20.3 Å². The predicted octanol–water partition coefficient (Wildman–Crippen LogP) is 4.49. The summed E-state index contributed by atoms with van der Waals surface area (Å²) < 4.78 is 5.89. The molecular weight excluding hydrogens is 364 g/mol. The van der Waals surface area contributed by atoms with Crippen LogP contribution in [0.2, 0.25) is 0 Å². The Morgan fingerprint density at radius 3 is 2.52 bits per heavy atom. The topological polar surface area (TPSA) is 77.0 Å². The van der Waals surface area contributed by atoms with Crippen LogP contribution in [0.3, 0.4) is 0 Å². The van der Waals surface area contributed by atoms with Gasteiger partial charge in [-0.25, -0.2) is 4.98 Å².